The Labute approximate surface area is 142 Å². The molecule has 124 valence electrons. The topological polar surface area (TPSA) is 29.5 Å². The van der Waals surface area contributed by atoms with Crippen LogP contribution in [0.15, 0.2) is 0 Å². The molecule has 3 nitrogen and oxygen atoms in total. The Morgan fingerprint density at radius 2 is 1.82 bits per heavy atom. The number of amides is 1. The van der Waals surface area contributed by atoms with Crippen molar-refractivity contribution >= 4 is 21.8 Å². The van der Waals surface area contributed by atoms with Gasteiger partial charge >= 0.3 is 0 Å². The summed E-state index contributed by atoms with van der Waals surface area (Å²) in [4.78, 5) is 15.3. The molecule has 0 radical (unpaired) electrons. The highest BCUT2D eigenvalue weighted by Crippen LogP contribution is 2.64. The Balaban J connectivity index is 1.28. The second kappa shape index (κ2) is 6.08. The second-order valence-electron chi connectivity index (χ2n) is 8.01. The van der Waals surface area contributed by atoms with Crippen LogP contribution in [-0.4, -0.2) is 41.4 Å². The van der Waals surface area contributed by atoms with Gasteiger partial charge in [-0.05, 0) is 75.0 Å². The van der Waals surface area contributed by atoms with Crippen molar-refractivity contribution < 1.29 is 9.53 Å². The van der Waals surface area contributed by atoms with Gasteiger partial charge in [-0.2, -0.15) is 0 Å². The molecule has 0 aromatic carbocycles. The van der Waals surface area contributed by atoms with Crippen LogP contribution in [0.25, 0.3) is 0 Å². The molecule has 4 fully saturated rings. The Kier molecular flexibility index (Phi) is 4.27. The van der Waals surface area contributed by atoms with Gasteiger partial charge in [0.1, 0.15) is 6.10 Å². The molecule has 22 heavy (non-hydrogen) atoms. The van der Waals surface area contributed by atoms with Gasteiger partial charge in [-0.15, -0.1) is 0 Å². The fourth-order valence-corrected chi connectivity index (χ4v) is 5.78. The molecule has 2 aliphatic carbocycles. The normalized spacial score (nSPS) is 40.9. The van der Waals surface area contributed by atoms with Gasteiger partial charge in [-0.25, -0.2) is 0 Å². The maximum atomic E-state index is 12.4. The number of hydrogen-bond acceptors (Lipinski definition) is 2. The highest BCUT2D eigenvalue weighted by Gasteiger charge is 2.57. The molecule has 4 rings (SSSR count). The number of rotatable bonds is 2. The van der Waals surface area contributed by atoms with E-state index in [1.54, 1.807) is 0 Å². The summed E-state index contributed by atoms with van der Waals surface area (Å²) < 4.78 is 5.57. The predicted octanol–water partition coefficient (Wildman–Crippen LogP) is 3.75. The Morgan fingerprint density at radius 1 is 1.09 bits per heavy atom. The average molecular weight is 370 g/mol. The van der Waals surface area contributed by atoms with Crippen molar-refractivity contribution in [2.24, 2.45) is 17.3 Å². The van der Waals surface area contributed by atoms with Gasteiger partial charge in [0, 0.05) is 24.5 Å². The van der Waals surface area contributed by atoms with Gasteiger partial charge in [0.15, 0.2) is 0 Å². The monoisotopic (exact) mass is 369 g/mol. The maximum absolute atomic E-state index is 12.4. The van der Waals surface area contributed by atoms with Crippen molar-refractivity contribution in [1.29, 1.82) is 0 Å². The summed E-state index contributed by atoms with van der Waals surface area (Å²) in [6, 6.07) is 0. The second-order valence-corrected chi connectivity index (χ2v) is 9.31. The lowest BCUT2D eigenvalue weighted by atomic mass is 9.80. The molecular weight excluding hydrogens is 342 g/mol. The van der Waals surface area contributed by atoms with E-state index in [9.17, 15) is 4.79 Å². The molecule has 4 heteroatoms. The summed E-state index contributed by atoms with van der Waals surface area (Å²) in [6.45, 7) is 2.72. The molecule has 0 N–H and O–H groups in total. The Bertz CT molecular complexity index is 419. The minimum absolute atomic E-state index is 0.127. The molecule has 2 atom stereocenters. The van der Waals surface area contributed by atoms with E-state index in [2.05, 4.69) is 20.8 Å². The first-order chi connectivity index (χ1) is 10.7. The van der Waals surface area contributed by atoms with Gasteiger partial charge in [0.2, 0.25) is 0 Å². The molecule has 2 aliphatic heterocycles. The number of nitrogens with zero attached hydrogens (tertiary/aromatic N) is 1. The van der Waals surface area contributed by atoms with E-state index in [0.29, 0.717) is 5.41 Å². The zero-order valence-corrected chi connectivity index (χ0v) is 15.0. The van der Waals surface area contributed by atoms with Crippen LogP contribution in [-0.2, 0) is 9.53 Å². The van der Waals surface area contributed by atoms with Gasteiger partial charge in [0.05, 0.1) is 0 Å². The lowest BCUT2D eigenvalue weighted by molar-refractivity contribution is -0.142. The van der Waals surface area contributed by atoms with Gasteiger partial charge in [0.25, 0.3) is 5.91 Å². The number of ether oxygens (including phenoxy) is 1. The van der Waals surface area contributed by atoms with Gasteiger partial charge in [-0.1, -0.05) is 15.9 Å². The molecule has 0 bridgehead atoms. The van der Waals surface area contributed by atoms with Crippen LogP contribution in [0.1, 0.15) is 57.8 Å². The first kappa shape index (κ1) is 15.4. The SMILES string of the molecule is O=C([C@H]1CCCO1)N1CCC2(CC1)C[C@@H]2C1CCC(Br)CC1. The largest absolute Gasteiger partial charge is 0.368 e. The molecule has 1 spiro atoms. The number of carbonyl (C=O) groups is 1. The first-order valence-corrected chi connectivity index (χ1v) is 10.1. The maximum Gasteiger partial charge on any atom is 0.251 e. The van der Waals surface area contributed by atoms with Crippen LogP contribution in [0.5, 0.6) is 0 Å². The van der Waals surface area contributed by atoms with Crippen molar-refractivity contribution in [3.05, 3.63) is 0 Å². The van der Waals surface area contributed by atoms with Crippen LogP contribution in [0.3, 0.4) is 0 Å². The van der Waals surface area contributed by atoms with E-state index in [1.165, 1.54) is 44.9 Å². The summed E-state index contributed by atoms with van der Waals surface area (Å²) in [7, 11) is 0. The molecule has 0 aromatic rings. The number of piperidine rings is 1. The number of carbonyl (C=O) groups excluding carboxylic acids is 1. The Morgan fingerprint density at radius 3 is 2.45 bits per heavy atom. The lowest BCUT2D eigenvalue weighted by Gasteiger charge is -2.36. The summed E-state index contributed by atoms with van der Waals surface area (Å²) >= 11 is 3.77. The third-order valence-corrected chi connectivity index (χ3v) is 7.71. The number of halogens is 1. The van der Waals surface area contributed by atoms with Crippen LogP contribution in [0, 0.1) is 17.3 Å². The van der Waals surface area contributed by atoms with E-state index in [0.717, 1.165) is 49.2 Å². The minimum atomic E-state index is -0.127. The van der Waals surface area contributed by atoms with E-state index in [4.69, 9.17) is 4.74 Å². The predicted molar refractivity (Wildman–Crippen MR) is 90.0 cm³/mol. The third-order valence-electron chi connectivity index (χ3n) is 6.80. The van der Waals surface area contributed by atoms with E-state index in [-0.39, 0.29) is 12.0 Å². The van der Waals surface area contributed by atoms with Crippen molar-refractivity contribution in [2.45, 2.75) is 68.7 Å². The molecule has 2 heterocycles. The molecule has 0 unspecified atom stereocenters. The highest BCUT2D eigenvalue weighted by molar-refractivity contribution is 9.09. The minimum Gasteiger partial charge on any atom is -0.368 e. The van der Waals surface area contributed by atoms with Crippen LogP contribution >= 0.6 is 15.9 Å². The van der Waals surface area contributed by atoms with E-state index in [1.807, 2.05) is 0 Å². The Hall–Kier alpha value is -0.0900. The van der Waals surface area contributed by atoms with Gasteiger partial charge in [-0.3, -0.25) is 4.79 Å². The highest BCUT2D eigenvalue weighted by atomic mass is 79.9. The van der Waals surface area contributed by atoms with Crippen LogP contribution in [0.4, 0.5) is 0 Å². The molecule has 2 saturated carbocycles. The molecule has 0 aromatic heterocycles. The standard InChI is InChI=1S/C18H28BrNO2/c19-14-5-3-13(4-6-14)15-12-18(15)7-9-20(10-8-18)17(21)16-2-1-11-22-16/h13-16H,1-12H2/t13?,14?,15-,16-/m1/s1. The lowest BCUT2D eigenvalue weighted by Crippen LogP contribution is -2.44. The molecule has 1 amide bonds. The first-order valence-electron chi connectivity index (χ1n) is 9.22. The van der Waals surface area contributed by atoms with E-state index < -0.39 is 0 Å². The zero-order valence-electron chi connectivity index (χ0n) is 13.4. The van der Waals surface area contributed by atoms with Crippen molar-refractivity contribution in [1.82, 2.24) is 4.90 Å². The summed E-state index contributed by atoms with van der Waals surface area (Å²) in [5.41, 5.74) is 0.608. The van der Waals surface area contributed by atoms with E-state index >= 15 is 0 Å². The van der Waals surface area contributed by atoms with Crippen molar-refractivity contribution in [3.63, 3.8) is 0 Å². The number of alkyl halides is 1. The van der Waals surface area contributed by atoms with Gasteiger partial charge < -0.3 is 9.64 Å². The summed E-state index contributed by atoms with van der Waals surface area (Å²) in [5, 5.41) is 0. The number of likely N-dealkylation sites (tertiary alicyclic amines) is 1. The summed E-state index contributed by atoms with van der Waals surface area (Å²) in [5.74, 6) is 2.20. The van der Waals surface area contributed by atoms with Crippen molar-refractivity contribution in [3.8, 4) is 0 Å². The fourth-order valence-electron chi connectivity index (χ4n) is 5.25. The fraction of sp³-hybridized carbons (Fsp3) is 0.944. The smallest absolute Gasteiger partial charge is 0.251 e. The quantitative estimate of drug-likeness (QED) is 0.693. The summed E-state index contributed by atoms with van der Waals surface area (Å²) in [6.07, 6.45) is 11.3. The molecule has 4 aliphatic rings. The zero-order chi connectivity index (χ0) is 15.2. The average Bonchev–Trinajstić information content (AvgIpc) is 2.99. The molecule has 2 saturated heterocycles. The van der Waals surface area contributed by atoms with Crippen molar-refractivity contribution in [2.75, 3.05) is 19.7 Å². The van der Waals surface area contributed by atoms with Crippen LogP contribution < -0.4 is 0 Å². The number of hydrogen-bond donors (Lipinski definition) is 0. The third kappa shape index (κ3) is 2.86. The molecular formula is C18H28BrNO2. The van der Waals surface area contributed by atoms with Crippen LogP contribution in [0.2, 0.25) is 0 Å².